The van der Waals surface area contributed by atoms with Crippen LogP contribution in [0.4, 0.5) is 22.0 Å². The fourth-order valence-electron chi connectivity index (χ4n) is 1.81. The van der Waals surface area contributed by atoms with Crippen LogP contribution in [0.25, 0.3) is 0 Å². The molecule has 0 fully saturated rings. The van der Waals surface area contributed by atoms with E-state index in [1.165, 1.54) is 0 Å². The van der Waals surface area contributed by atoms with Gasteiger partial charge in [-0.3, -0.25) is 5.32 Å². The summed E-state index contributed by atoms with van der Waals surface area (Å²) in [5.74, 6) is -1.11. The van der Waals surface area contributed by atoms with Gasteiger partial charge in [0.2, 0.25) is 5.28 Å². The van der Waals surface area contributed by atoms with Crippen LogP contribution < -0.4 is 10.6 Å². The Labute approximate surface area is 149 Å². The van der Waals surface area contributed by atoms with Gasteiger partial charge in [-0.2, -0.15) is 4.98 Å². The summed E-state index contributed by atoms with van der Waals surface area (Å²) in [6.45, 7) is 5.31. The van der Waals surface area contributed by atoms with Gasteiger partial charge in [0.15, 0.2) is 0 Å². The van der Waals surface area contributed by atoms with Crippen molar-refractivity contribution in [3.05, 3.63) is 41.3 Å². The van der Waals surface area contributed by atoms with Gasteiger partial charge in [-0.25, -0.2) is 14.6 Å². The van der Waals surface area contributed by atoms with E-state index in [1.54, 1.807) is 45.0 Å². The molecule has 9 heteroatoms. The predicted octanol–water partition coefficient (Wildman–Crippen LogP) is 3.92. The van der Waals surface area contributed by atoms with E-state index < -0.39 is 17.7 Å². The first kappa shape index (κ1) is 18.5. The molecule has 0 bridgehead atoms. The molecule has 0 saturated carbocycles. The Kier molecular flexibility index (Phi) is 5.43. The first-order chi connectivity index (χ1) is 11.6. The molecule has 1 aromatic heterocycles. The summed E-state index contributed by atoms with van der Waals surface area (Å²) >= 11 is 5.71. The van der Waals surface area contributed by atoms with Crippen LogP contribution in [0, 0.1) is 0 Å². The molecule has 132 valence electrons. The molecule has 1 aromatic carbocycles. The van der Waals surface area contributed by atoms with Crippen LogP contribution in [0.2, 0.25) is 5.28 Å². The number of hydrogen-bond acceptors (Lipinski definition) is 6. The Bertz CT molecular complexity index is 788. The third-order valence-electron chi connectivity index (χ3n) is 2.78. The van der Waals surface area contributed by atoms with Crippen molar-refractivity contribution in [2.45, 2.75) is 26.4 Å². The van der Waals surface area contributed by atoms with Gasteiger partial charge in [0, 0.05) is 17.6 Å². The molecule has 0 aliphatic rings. The summed E-state index contributed by atoms with van der Waals surface area (Å²) in [4.78, 5) is 30.4. The van der Waals surface area contributed by atoms with Crippen LogP contribution in [-0.2, 0) is 4.74 Å². The average Bonchev–Trinajstić information content (AvgIpc) is 2.47. The predicted molar refractivity (Wildman–Crippen MR) is 93.6 cm³/mol. The summed E-state index contributed by atoms with van der Waals surface area (Å²) < 4.78 is 5.16. The highest BCUT2D eigenvalue weighted by Gasteiger charge is 2.16. The second kappa shape index (κ2) is 7.35. The number of hydrogen-bond donors (Lipinski definition) is 3. The molecule has 3 N–H and O–H groups in total. The molecule has 8 nitrogen and oxygen atoms in total. The lowest BCUT2D eigenvalue weighted by molar-refractivity contribution is 0.0634. The molecule has 2 aromatic rings. The highest BCUT2D eigenvalue weighted by atomic mass is 35.5. The topological polar surface area (TPSA) is 113 Å². The zero-order valence-electron chi connectivity index (χ0n) is 13.8. The van der Waals surface area contributed by atoms with Crippen molar-refractivity contribution in [1.29, 1.82) is 0 Å². The van der Waals surface area contributed by atoms with E-state index in [0.717, 1.165) is 6.20 Å². The molecule has 25 heavy (non-hydrogen) atoms. The summed E-state index contributed by atoms with van der Waals surface area (Å²) in [5, 5.41) is 14.5. The second-order valence-electron chi connectivity index (χ2n) is 6.04. The number of carboxylic acid groups (broad SMARTS) is 1. The number of rotatable bonds is 4. The second-order valence-corrected chi connectivity index (χ2v) is 6.37. The Morgan fingerprint density at radius 2 is 1.76 bits per heavy atom. The highest BCUT2D eigenvalue weighted by molar-refractivity contribution is 6.28. The largest absolute Gasteiger partial charge is 0.477 e. The lowest BCUT2D eigenvalue weighted by Gasteiger charge is -2.19. The quantitative estimate of drug-likeness (QED) is 0.704. The minimum absolute atomic E-state index is 0.0698. The van der Waals surface area contributed by atoms with E-state index in [4.69, 9.17) is 21.4 Å². The van der Waals surface area contributed by atoms with Crippen molar-refractivity contribution >= 4 is 40.9 Å². The Balaban J connectivity index is 2.10. The summed E-state index contributed by atoms with van der Waals surface area (Å²) in [6, 6.07) is 6.56. The van der Waals surface area contributed by atoms with Gasteiger partial charge in [0.25, 0.3) is 0 Å². The van der Waals surface area contributed by atoms with Gasteiger partial charge in [0.05, 0.1) is 0 Å². The third-order valence-corrected chi connectivity index (χ3v) is 2.96. The number of aromatic nitrogens is 2. The number of carbonyl (C=O) groups excluding carboxylic acids is 1. The Hall–Kier alpha value is -2.87. The third kappa shape index (κ3) is 5.61. The SMILES string of the molecule is CC(C)(C)OC(=O)Nc1ccc(Nc2nc(Cl)ncc2C(=O)O)cc1. The molecular formula is C16H17ClN4O4. The van der Waals surface area contributed by atoms with Gasteiger partial charge >= 0.3 is 12.1 Å². The van der Waals surface area contributed by atoms with E-state index in [0.29, 0.717) is 11.4 Å². The normalized spacial score (nSPS) is 10.9. The highest BCUT2D eigenvalue weighted by Crippen LogP contribution is 2.22. The molecule has 0 saturated heterocycles. The lowest BCUT2D eigenvalue weighted by Crippen LogP contribution is -2.27. The minimum Gasteiger partial charge on any atom is -0.477 e. The Morgan fingerprint density at radius 1 is 1.16 bits per heavy atom. The number of aromatic carboxylic acids is 1. The summed E-state index contributed by atoms with van der Waals surface area (Å²) in [6.07, 6.45) is 0.558. The molecule has 1 amide bonds. The number of benzene rings is 1. The van der Waals surface area contributed by atoms with Crippen molar-refractivity contribution in [2.75, 3.05) is 10.6 Å². The van der Waals surface area contributed by atoms with Crippen LogP contribution in [0.15, 0.2) is 30.5 Å². The van der Waals surface area contributed by atoms with Gasteiger partial charge in [-0.1, -0.05) is 0 Å². The molecule has 1 heterocycles. The van der Waals surface area contributed by atoms with Gasteiger partial charge in [-0.15, -0.1) is 0 Å². The van der Waals surface area contributed by atoms with Crippen molar-refractivity contribution in [3.63, 3.8) is 0 Å². The number of halogens is 1. The first-order valence-electron chi connectivity index (χ1n) is 7.27. The average molecular weight is 365 g/mol. The number of amides is 1. The molecular weight excluding hydrogens is 348 g/mol. The van der Waals surface area contributed by atoms with Crippen LogP contribution >= 0.6 is 11.6 Å². The zero-order chi connectivity index (χ0) is 18.6. The van der Waals surface area contributed by atoms with Crippen molar-refractivity contribution in [3.8, 4) is 0 Å². The minimum atomic E-state index is -1.18. The summed E-state index contributed by atoms with van der Waals surface area (Å²) in [7, 11) is 0. The van der Waals surface area contributed by atoms with E-state index in [-0.39, 0.29) is 16.7 Å². The number of nitrogens with zero attached hydrogens (tertiary/aromatic N) is 2. The number of carbonyl (C=O) groups is 2. The fraction of sp³-hybridized carbons (Fsp3) is 0.250. The van der Waals surface area contributed by atoms with Crippen LogP contribution in [0.1, 0.15) is 31.1 Å². The number of carboxylic acids is 1. The first-order valence-corrected chi connectivity index (χ1v) is 7.65. The van der Waals surface area contributed by atoms with E-state index >= 15 is 0 Å². The maximum Gasteiger partial charge on any atom is 0.412 e. The lowest BCUT2D eigenvalue weighted by atomic mass is 10.2. The molecule has 2 rings (SSSR count). The molecule has 0 spiro atoms. The van der Waals surface area contributed by atoms with E-state index in [9.17, 15) is 9.59 Å². The standard InChI is InChI=1S/C16H17ClN4O4/c1-16(2,3)25-15(24)20-10-6-4-9(5-7-10)19-12-11(13(22)23)8-18-14(17)21-12/h4-8H,1-3H3,(H,20,24)(H,22,23)(H,18,19,21). The number of nitrogens with one attached hydrogen (secondary N) is 2. The molecule has 0 radical (unpaired) electrons. The van der Waals surface area contributed by atoms with Crippen LogP contribution in [0.3, 0.4) is 0 Å². The van der Waals surface area contributed by atoms with Crippen molar-refractivity contribution in [2.24, 2.45) is 0 Å². The van der Waals surface area contributed by atoms with E-state index in [1.807, 2.05) is 0 Å². The van der Waals surface area contributed by atoms with E-state index in [2.05, 4.69) is 20.6 Å². The van der Waals surface area contributed by atoms with Crippen molar-refractivity contribution in [1.82, 2.24) is 9.97 Å². The van der Waals surface area contributed by atoms with Crippen LogP contribution in [0.5, 0.6) is 0 Å². The zero-order valence-corrected chi connectivity index (χ0v) is 14.6. The Morgan fingerprint density at radius 3 is 2.32 bits per heavy atom. The monoisotopic (exact) mass is 364 g/mol. The maximum atomic E-state index is 11.7. The number of anilines is 3. The summed E-state index contributed by atoms with van der Waals surface area (Å²) in [5.41, 5.74) is 0.386. The molecule has 0 aliphatic heterocycles. The van der Waals surface area contributed by atoms with Gasteiger partial charge < -0.3 is 15.2 Å². The van der Waals surface area contributed by atoms with Gasteiger partial charge in [0.1, 0.15) is 17.0 Å². The maximum absolute atomic E-state index is 11.7. The number of ether oxygens (including phenoxy) is 1. The van der Waals surface area contributed by atoms with Crippen LogP contribution in [-0.4, -0.2) is 32.7 Å². The molecule has 0 atom stereocenters. The molecule has 0 aliphatic carbocycles. The molecule has 0 unspecified atom stereocenters. The van der Waals surface area contributed by atoms with Gasteiger partial charge in [-0.05, 0) is 56.6 Å². The fourth-order valence-corrected chi connectivity index (χ4v) is 1.94. The smallest absolute Gasteiger partial charge is 0.412 e. The van der Waals surface area contributed by atoms with Crippen molar-refractivity contribution < 1.29 is 19.4 Å².